The van der Waals surface area contributed by atoms with Crippen molar-refractivity contribution >= 4 is 0 Å². The van der Waals surface area contributed by atoms with Gasteiger partial charge in [0.1, 0.15) is 0 Å². The van der Waals surface area contributed by atoms with Crippen molar-refractivity contribution in [2.45, 2.75) is 59.8 Å². The zero-order valence-corrected chi connectivity index (χ0v) is 9.19. The maximum Gasteiger partial charge on any atom is -0.0321 e. The van der Waals surface area contributed by atoms with Gasteiger partial charge in [-0.05, 0) is 42.9 Å². The minimum Gasteiger partial charge on any atom is -0.0651 e. The molecule has 0 aromatic heterocycles. The Bertz CT molecular complexity index is 137. The van der Waals surface area contributed by atoms with Crippen LogP contribution in [0.1, 0.15) is 59.8 Å². The van der Waals surface area contributed by atoms with Crippen molar-refractivity contribution in [3.63, 3.8) is 0 Å². The molecule has 0 radical (unpaired) electrons. The molecule has 0 aromatic rings. The van der Waals surface area contributed by atoms with Gasteiger partial charge in [-0.1, -0.05) is 34.1 Å². The van der Waals surface area contributed by atoms with Crippen LogP contribution in [0.3, 0.4) is 0 Å². The van der Waals surface area contributed by atoms with Gasteiger partial charge in [-0.15, -0.1) is 0 Å². The van der Waals surface area contributed by atoms with Crippen LogP contribution in [0.25, 0.3) is 0 Å². The van der Waals surface area contributed by atoms with Crippen molar-refractivity contribution in [2.75, 3.05) is 0 Å². The van der Waals surface area contributed by atoms with Crippen LogP contribution in [0.2, 0.25) is 0 Å². The van der Waals surface area contributed by atoms with Crippen molar-refractivity contribution in [2.24, 2.45) is 17.3 Å². The summed E-state index contributed by atoms with van der Waals surface area (Å²) < 4.78 is 0. The summed E-state index contributed by atoms with van der Waals surface area (Å²) in [4.78, 5) is 0. The molecule has 1 saturated carbocycles. The second-order valence-corrected chi connectivity index (χ2v) is 5.43. The molecule has 0 bridgehead atoms. The van der Waals surface area contributed by atoms with E-state index in [0.29, 0.717) is 5.41 Å². The highest BCUT2D eigenvalue weighted by Gasteiger charge is 2.34. The van der Waals surface area contributed by atoms with Crippen molar-refractivity contribution in [3.8, 4) is 0 Å². The van der Waals surface area contributed by atoms with Gasteiger partial charge >= 0.3 is 0 Å². The smallest absolute Gasteiger partial charge is 0.0321 e. The lowest BCUT2D eigenvalue weighted by Crippen LogP contribution is -2.14. The van der Waals surface area contributed by atoms with Gasteiger partial charge in [0.05, 0.1) is 0 Å². The van der Waals surface area contributed by atoms with E-state index in [9.17, 15) is 0 Å². The Morgan fingerprint density at radius 1 is 1.42 bits per heavy atom. The van der Waals surface area contributed by atoms with Gasteiger partial charge in [0.2, 0.25) is 0 Å². The maximum absolute atomic E-state index is 2.49. The standard InChI is InChI=1S/C12H24/c1-5-11-6-7-12(4,9-11)8-10(2)3/h10-11H,5-9H2,1-4H3. The summed E-state index contributed by atoms with van der Waals surface area (Å²) in [6, 6.07) is 0. The summed E-state index contributed by atoms with van der Waals surface area (Å²) in [5, 5.41) is 0. The Labute approximate surface area is 77.7 Å². The molecule has 1 aliphatic rings. The van der Waals surface area contributed by atoms with E-state index in [1.165, 1.54) is 32.1 Å². The topological polar surface area (TPSA) is 0 Å². The van der Waals surface area contributed by atoms with Crippen LogP contribution in [0.5, 0.6) is 0 Å². The van der Waals surface area contributed by atoms with Gasteiger partial charge in [-0.3, -0.25) is 0 Å². The van der Waals surface area contributed by atoms with Crippen LogP contribution in [-0.4, -0.2) is 0 Å². The molecule has 0 aliphatic heterocycles. The SMILES string of the molecule is CCC1CCC(C)(CC(C)C)C1. The highest BCUT2D eigenvalue weighted by molar-refractivity contribution is 4.85. The Morgan fingerprint density at radius 3 is 2.50 bits per heavy atom. The molecular formula is C12H24. The third-order valence-corrected chi connectivity index (χ3v) is 3.42. The average Bonchev–Trinajstić information content (AvgIpc) is 2.30. The van der Waals surface area contributed by atoms with Crippen LogP contribution in [-0.2, 0) is 0 Å². The largest absolute Gasteiger partial charge is 0.0651 e. The molecule has 0 heterocycles. The third kappa shape index (κ3) is 2.50. The van der Waals surface area contributed by atoms with E-state index in [1.54, 1.807) is 0 Å². The van der Waals surface area contributed by atoms with E-state index >= 15 is 0 Å². The van der Waals surface area contributed by atoms with Gasteiger partial charge < -0.3 is 0 Å². The van der Waals surface area contributed by atoms with Crippen LogP contribution >= 0.6 is 0 Å². The maximum atomic E-state index is 2.49. The molecule has 0 amide bonds. The zero-order valence-electron chi connectivity index (χ0n) is 9.19. The summed E-state index contributed by atoms with van der Waals surface area (Å²) in [5.41, 5.74) is 0.689. The Kier molecular flexibility index (Phi) is 3.20. The molecule has 1 aliphatic carbocycles. The molecule has 0 saturated heterocycles. The van der Waals surface area contributed by atoms with E-state index in [0.717, 1.165) is 11.8 Å². The fourth-order valence-electron chi connectivity index (χ4n) is 2.97. The number of rotatable bonds is 3. The van der Waals surface area contributed by atoms with Crippen LogP contribution in [0.15, 0.2) is 0 Å². The third-order valence-electron chi connectivity index (χ3n) is 3.42. The van der Waals surface area contributed by atoms with Crippen molar-refractivity contribution in [1.29, 1.82) is 0 Å². The number of hydrogen-bond donors (Lipinski definition) is 0. The Morgan fingerprint density at radius 2 is 2.08 bits per heavy atom. The van der Waals surface area contributed by atoms with E-state index < -0.39 is 0 Å². The average molecular weight is 168 g/mol. The van der Waals surface area contributed by atoms with Gasteiger partial charge in [0, 0.05) is 0 Å². The van der Waals surface area contributed by atoms with Crippen LogP contribution in [0.4, 0.5) is 0 Å². The molecule has 0 spiro atoms. The molecule has 0 aromatic carbocycles. The minimum atomic E-state index is 0.689. The molecule has 0 nitrogen and oxygen atoms in total. The van der Waals surface area contributed by atoms with Gasteiger partial charge in [0.15, 0.2) is 0 Å². The zero-order chi connectivity index (χ0) is 9.19. The summed E-state index contributed by atoms with van der Waals surface area (Å²) in [7, 11) is 0. The van der Waals surface area contributed by atoms with Crippen LogP contribution in [0, 0.1) is 17.3 Å². The molecular weight excluding hydrogens is 144 g/mol. The second-order valence-electron chi connectivity index (χ2n) is 5.43. The van der Waals surface area contributed by atoms with Crippen LogP contribution < -0.4 is 0 Å². The minimum absolute atomic E-state index is 0.689. The van der Waals surface area contributed by atoms with E-state index in [4.69, 9.17) is 0 Å². The molecule has 2 unspecified atom stereocenters. The molecule has 1 fully saturated rings. The predicted molar refractivity (Wildman–Crippen MR) is 55.2 cm³/mol. The molecule has 72 valence electrons. The highest BCUT2D eigenvalue weighted by Crippen LogP contribution is 2.46. The number of hydrogen-bond acceptors (Lipinski definition) is 0. The summed E-state index contributed by atoms with van der Waals surface area (Å²) >= 11 is 0. The Hall–Kier alpha value is 0. The normalized spacial score (nSPS) is 36.2. The first-order valence-electron chi connectivity index (χ1n) is 5.56. The predicted octanol–water partition coefficient (Wildman–Crippen LogP) is 4.25. The monoisotopic (exact) mass is 168 g/mol. The van der Waals surface area contributed by atoms with E-state index in [2.05, 4.69) is 27.7 Å². The second kappa shape index (κ2) is 3.81. The van der Waals surface area contributed by atoms with Gasteiger partial charge in [0.25, 0.3) is 0 Å². The highest BCUT2D eigenvalue weighted by atomic mass is 14.4. The summed E-state index contributed by atoms with van der Waals surface area (Å²) in [6.45, 7) is 9.53. The fourth-order valence-corrected chi connectivity index (χ4v) is 2.97. The summed E-state index contributed by atoms with van der Waals surface area (Å²) in [5.74, 6) is 1.92. The Balaban J connectivity index is 2.41. The first-order chi connectivity index (χ1) is 5.56. The van der Waals surface area contributed by atoms with E-state index in [1.807, 2.05) is 0 Å². The molecule has 1 rings (SSSR count). The van der Waals surface area contributed by atoms with Gasteiger partial charge in [-0.2, -0.15) is 0 Å². The van der Waals surface area contributed by atoms with Crippen molar-refractivity contribution in [3.05, 3.63) is 0 Å². The van der Waals surface area contributed by atoms with Crippen molar-refractivity contribution < 1.29 is 0 Å². The first kappa shape index (κ1) is 10.1. The molecule has 12 heavy (non-hydrogen) atoms. The molecule has 0 N–H and O–H groups in total. The lowest BCUT2D eigenvalue weighted by Gasteiger charge is -2.26. The van der Waals surface area contributed by atoms with Crippen molar-refractivity contribution in [1.82, 2.24) is 0 Å². The first-order valence-corrected chi connectivity index (χ1v) is 5.56. The van der Waals surface area contributed by atoms with Gasteiger partial charge in [-0.25, -0.2) is 0 Å². The van der Waals surface area contributed by atoms with E-state index in [-0.39, 0.29) is 0 Å². The lowest BCUT2D eigenvalue weighted by atomic mass is 9.80. The molecule has 0 heteroatoms. The lowest BCUT2D eigenvalue weighted by molar-refractivity contribution is 0.253. The fraction of sp³-hybridized carbons (Fsp3) is 1.00. The molecule has 2 atom stereocenters. The summed E-state index contributed by atoms with van der Waals surface area (Å²) in [6.07, 6.45) is 7.28. The quantitative estimate of drug-likeness (QED) is 0.591.